The fourth-order valence-electron chi connectivity index (χ4n) is 4.12. The molecule has 0 aromatic heterocycles. The van der Waals surface area contributed by atoms with Crippen molar-refractivity contribution >= 4 is 12.0 Å². The van der Waals surface area contributed by atoms with E-state index in [-0.39, 0.29) is 30.0 Å². The molecule has 2 aliphatic rings. The minimum Gasteiger partial charge on any atom is -0.481 e. The van der Waals surface area contributed by atoms with Crippen LogP contribution in [0.25, 0.3) is 0 Å². The standard InChI is InChI=1S/C21H30N2O4/c1-14-4-6-15(7-5-14)19-17(3-2-12-27-19)13-22-21(26)23-18-10-8-16(9-11-18)20(24)25/h4-7,16-19H,2-3,8-13H2,1H3,(H,24,25)(H2,22,23,26). The van der Waals surface area contributed by atoms with Crippen molar-refractivity contribution in [3.8, 4) is 0 Å². The molecule has 1 heterocycles. The summed E-state index contributed by atoms with van der Waals surface area (Å²) in [6, 6.07) is 8.31. The van der Waals surface area contributed by atoms with Gasteiger partial charge >= 0.3 is 12.0 Å². The van der Waals surface area contributed by atoms with E-state index < -0.39 is 5.97 Å². The number of carboxylic acid groups (broad SMARTS) is 1. The lowest BCUT2D eigenvalue weighted by Gasteiger charge is -2.33. The topological polar surface area (TPSA) is 87.7 Å². The number of carbonyl (C=O) groups is 2. The van der Waals surface area contributed by atoms with Crippen LogP contribution in [0.5, 0.6) is 0 Å². The number of rotatable bonds is 5. The number of nitrogens with one attached hydrogen (secondary N) is 2. The van der Waals surface area contributed by atoms with E-state index in [1.807, 2.05) is 0 Å². The molecular weight excluding hydrogens is 344 g/mol. The predicted molar refractivity (Wildman–Crippen MR) is 103 cm³/mol. The van der Waals surface area contributed by atoms with Gasteiger partial charge in [0, 0.05) is 25.1 Å². The molecular formula is C21H30N2O4. The van der Waals surface area contributed by atoms with Crippen molar-refractivity contribution in [2.24, 2.45) is 11.8 Å². The summed E-state index contributed by atoms with van der Waals surface area (Å²) in [5.41, 5.74) is 2.39. The Labute approximate surface area is 160 Å². The molecule has 1 saturated carbocycles. The Morgan fingerprint density at radius 3 is 2.48 bits per heavy atom. The number of amides is 2. The molecule has 1 aromatic rings. The van der Waals surface area contributed by atoms with Crippen LogP contribution in [0.4, 0.5) is 4.79 Å². The number of benzene rings is 1. The van der Waals surface area contributed by atoms with Crippen LogP contribution in [0.3, 0.4) is 0 Å². The summed E-state index contributed by atoms with van der Waals surface area (Å²) in [7, 11) is 0. The fourth-order valence-corrected chi connectivity index (χ4v) is 4.12. The van der Waals surface area contributed by atoms with Gasteiger partial charge in [-0.2, -0.15) is 0 Å². The van der Waals surface area contributed by atoms with Gasteiger partial charge in [-0.25, -0.2) is 4.79 Å². The number of hydrogen-bond donors (Lipinski definition) is 3. The number of urea groups is 1. The van der Waals surface area contributed by atoms with E-state index in [0.29, 0.717) is 19.4 Å². The van der Waals surface area contributed by atoms with Crippen LogP contribution in [0.15, 0.2) is 24.3 Å². The third-order valence-electron chi connectivity index (χ3n) is 5.79. The zero-order valence-corrected chi connectivity index (χ0v) is 15.9. The summed E-state index contributed by atoms with van der Waals surface area (Å²) >= 11 is 0. The molecule has 0 spiro atoms. The molecule has 27 heavy (non-hydrogen) atoms. The van der Waals surface area contributed by atoms with Gasteiger partial charge in [-0.1, -0.05) is 29.8 Å². The first-order valence-electron chi connectivity index (χ1n) is 9.98. The highest BCUT2D eigenvalue weighted by molar-refractivity contribution is 5.74. The third-order valence-corrected chi connectivity index (χ3v) is 5.79. The van der Waals surface area contributed by atoms with Crippen LogP contribution < -0.4 is 10.6 Å². The maximum absolute atomic E-state index is 12.3. The maximum atomic E-state index is 12.3. The average Bonchev–Trinajstić information content (AvgIpc) is 2.68. The molecule has 6 heteroatoms. The number of aliphatic carboxylic acids is 1. The number of aryl methyl sites for hydroxylation is 1. The lowest BCUT2D eigenvalue weighted by molar-refractivity contribution is -0.142. The molecule has 1 aliphatic heterocycles. The molecule has 148 valence electrons. The second-order valence-electron chi connectivity index (χ2n) is 7.85. The molecule has 2 unspecified atom stereocenters. The van der Waals surface area contributed by atoms with Gasteiger partial charge in [0.25, 0.3) is 0 Å². The van der Waals surface area contributed by atoms with Gasteiger partial charge in [-0.15, -0.1) is 0 Å². The van der Waals surface area contributed by atoms with Crippen LogP contribution in [0.1, 0.15) is 55.8 Å². The van der Waals surface area contributed by atoms with Gasteiger partial charge in [0.15, 0.2) is 0 Å². The van der Waals surface area contributed by atoms with E-state index >= 15 is 0 Å². The molecule has 2 fully saturated rings. The van der Waals surface area contributed by atoms with Gasteiger partial charge in [0.05, 0.1) is 12.0 Å². The first kappa shape index (κ1) is 19.7. The molecule has 1 saturated heterocycles. The van der Waals surface area contributed by atoms with Crippen LogP contribution >= 0.6 is 0 Å². The molecule has 0 bridgehead atoms. The van der Waals surface area contributed by atoms with E-state index in [1.165, 1.54) is 11.1 Å². The number of carboxylic acids is 1. The van der Waals surface area contributed by atoms with Crippen molar-refractivity contribution < 1.29 is 19.4 Å². The van der Waals surface area contributed by atoms with Crippen LogP contribution in [-0.2, 0) is 9.53 Å². The highest BCUT2D eigenvalue weighted by Crippen LogP contribution is 2.33. The Morgan fingerprint density at radius 2 is 1.81 bits per heavy atom. The van der Waals surface area contributed by atoms with Crippen molar-refractivity contribution in [2.75, 3.05) is 13.2 Å². The van der Waals surface area contributed by atoms with Crippen LogP contribution in [0.2, 0.25) is 0 Å². The second kappa shape index (κ2) is 9.22. The van der Waals surface area contributed by atoms with Crippen molar-refractivity contribution in [3.05, 3.63) is 35.4 Å². The average molecular weight is 374 g/mol. The molecule has 6 nitrogen and oxygen atoms in total. The summed E-state index contributed by atoms with van der Waals surface area (Å²) in [6.45, 7) is 3.40. The molecule has 2 atom stereocenters. The monoisotopic (exact) mass is 374 g/mol. The van der Waals surface area contributed by atoms with Crippen molar-refractivity contribution in [1.29, 1.82) is 0 Å². The summed E-state index contributed by atoms with van der Waals surface area (Å²) < 4.78 is 6.01. The largest absolute Gasteiger partial charge is 0.481 e. The maximum Gasteiger partial charge on any atom is 0.315 e. The predicted octanol–water partition coefficient (Wildman–Crippen LogP) is 3.41. The number of ether oxygens (including phenoxy) is 1. The summed E-state index contributed by atoms with van der Waals surface area (Å²) in [4.78, 5) is 23.3. The molecule has 3 N–H and O–H groups in total. The Balaban J connectivity index is 1.47. The Morgan fingerprint density at radius 1 is 1.11 bits per heavy atom. The highest BCUT2D eigenvalue weighted by Gasteiger charge is 2.29. The first-order valence-corrected chi connectivity index (χ1v) is 9.98. The van der Waals surface area contributed by atoms with E-state index in [9.17, 15) is 9.59 Å². The zero-order chi connectivity index (χ0) is 19.2. The fraction of sp³-hybridized carbons (Fsp3) is 0.619. The molecule has 3 rings (SSSR count). The minimum atomic E-state index is -0.725. The lowest BCUT2D eigenvalue weighted by atomic mass is 9.86. The Hall–Kier alpha value is -2.08. The number of carbonyl (C=O) groups excluding carboxylic acids is 1. The van der Waals surface area contributed by atoms with Crippen molar-refractivity contribution in [1.82, 2.24) is 10.6 Å². The highest BCUT2D eigenvalue weighted by atomic mass is 16.5. The van der Waals surface area contributed by atoms with Gasteiger partial charge in [-0.05, 0) is 51.0 Å². The van der Waals surface area contributed by atoms with Crippen molar-refractivity contribution in [2.45, 2.75) is 57.6 Å². The normalized spacial score (nSPS) is 28.3. The van der Waals surface area contributed by atoms with E-state index in [2.05, 4.69) is 41.8 Å². The van der Waals surface area contributed by atoms with E-state index in [0.717, 1.165) is 32.3 Å². The summed E-state index contributed by atoms with van der Waals surface area (Å²) in [5, 5.41) is 15.1. The smallest absolute Gasteiger partial charge is 0.315 e. The number of hydrogen-bond acceptors (Lipinski definition) is 3. The van der Waals surface area contributed by atoms with Gasteiger partial charge in [0.1, 0.15) is 0 Å². The van der Waals surface area contributed by atoms with Gasteiger partial charge in [-0.3, -0.25) is 4.79 Å². The zero-order valence-electron chi connectivity index (χ0n) is 15.9. The SMILES string of the molecule is Cc1ccc(C2OCCCC2CNC(=O)NC2CCC(C(=O)O)CC2)cc1. The molecule has 2 amide bonds. The van der Waals surface area contributed by atoms with Crippen LogP contribution in [0, 0.1) is 18.8 Å². The van der Waals surface area contributed by atoms with Crippen molar-refractivity contribution in [3.63, 3.8) is 0 Å². The van der Waals surface area contributed by atoms with Gasteiger partial charge < -0.3 is 20.5 Å². The Kier molecular flexibility index (Phi) is 6.72. The van der Waals surface area contributed by atoms with Crippen LogP contribution in [-0.4, -0.2) is 36.3 Å². The third kappa shape index (κ3) is 5.45. The molecule has 0 radical (unpaired) electrons. The lowest BCUT2D eigenvalue weighted by Crippen LogP contribution is -2.46. The quantitative estimate of drug-likeness (QED) is 0.737. The Bertz CT molecular complexity index is 638. The minimum absolute atomic E-state index is 0.0191. The molecule has 1 aliphatic carbocycles. The van der Waals surface area contributed by atoms with E-state index in [4.69, 9.17) is 9.84 Å². The summed E-state index contributed by atoms with van der Waals surface area (Å²) in [5.74, 6) is -0.729. The van der Waals surface area contributed by atoms with Gasteiger partial charge in [0.2, 0.25) is 0 Å². The van der Waals surface area contributed by atoms with E-state index in [1.54, 1.807) is 0 Å². The second-order valence-corrected chi connectivity index (χ2v) is 7.85. The summed E-state index contributed by atoms with van der Waals surface area (Å²) in [6.07, 6.45) is 4.77. The molecule has 1 aromatic carbocycles. The first-order chi connectivity index (χ1) is 13.0.